The number of aromatic nitrogens is 2. The van der Waals surface area contributed by atoms with Crippen molar-refractivity contribution in [2.75, 3.05) is 55.8 Å². The van der Waals surface area contributed by atoms with Crippen molar-refractivity contribution < 1.29 is 37.8 Å². The van der Waals surface area contributed by atoms with Crippen LogP contribution in [0.5, 0.6) is 11.6 Å². The number of morpholine rings is 1. The van der Waals surface area contributed by atoms with E-state index >= 15 is 4.39 Å². The lowest BCUT2D eigenvalue weighted by atomic mass is 10.0. The van der Waals surface area contributed by atoms with E-state index in [1.54, 1.807) is 0 Å². The number of nitrogen functional groups attached to an aromatic ring is 1. The summed E-state index contributed by atoms with van der Waals surface area (Å²) in [6, 6.07) is 8.90. The molecule has 2 aliphatic rings. The lowest BCUT2D eigenvalue weighted by Gasteiger charge is -2.28. The maximum Gasteiger partial charge on any atom is 0.240 e. The normalized spacial score (nSPS) is 16.7. The summed E-state index contributed by atoms with van der Waals surface area (Å²) in [6.07, 6.45) is 2.17. The number of nitrogens with one attached hydrogen (secondary N) is 2. The number of nitrogens with zero attached hydrogens (tertiary/aromatic N) is 4. The number of halogens is 2. The van der Waals surface area contributed by atoms with E-state index in [2.05, 4.69) is 30.7 Å². The second-order valence-electron chi connectivity index (χ2n) is 10.3. The summed E-state index contributed by atoms with van der Waals surface area (Å²) in [7, 11) is 0. The van der Waals surface area contributed by atoms with Crippen molar-refractivity contribution in [1.29, 1.82) is 0 Å². The largest absolute Gasteiger partial charge is 0.435 e. The molecule has 5 N–H and O–H groups in total. The van der Waals surface area contributed by atoms with E-state index in [0.29, 0.717) is 38.3 Å². The van der Waals surface area contributed by atoms with Gasteiger partial charge in [-0.25, -0.2) is 18.7 Å². The Balaban J connectivity index is 1.18. The molecule has 1 aliphatic carbocycles. The van der Waals surface area contributed by atoms with E-state index in [-0.39, 0.29) is 35.3 Å². The fraction of sp³-hybridized carbons (Fsp3) is 0.345. The Labute approximate surface area is 251 Å². The van der Waals surface area contributed by atoms with Crippen molar-refractivity contribution in [3.05, 3.63) is 66.0 Å². The highest BCUT2D eigenvalue weighted by Gasteiger charge is 2.56. The van der Waals surface area contributed by atoms with Gasteiger partial charge < -0.3 is 35.8 Å². The minimum Gasteiger partial charge on any atom is -0.435 e. The van der Waals surface area contributed by atoms with Crippen LogP contribution < -0.4 is 21.1 Å². The Hall–Kier alpha value is -4.73. The zero-order chi connectivity index (χ0) is 31.1. The summed E-state index contributed by atoms with van der Waals surface area (Å²) >= 11 is 0. The number of aliphatic hydroxyl groups excluding tert-OH is 1. The van der Waals surface area contributed by atoms with Crippen LogP contribution >= 0.6 is 0 Å². The lowest BCUT2D eigenvalue weighted by Crippen LogP contribution is -2.42. The van der Waals surface area contributed by atoms with Gasteiger partial charge in [-0.1, -0.05) is 5.16 Å². The van der Waals surface area contributed by atoms with Crippen LogP contribution in [0.15, 0.2) is 53.9 Å². The molecular weight excluding hydrogens is 580 g/mol. The van der Waals surface area contributed by atoms with Gasteiger partial charge >= 0.3 is 0 Å². The molecule has 3 aromatic rings. The van der Waals surface area contributed by atoms with Gasteiger partial charge in [0, 0.05) is 37.1 Å². The number of oxime groups is 1. The number of ether oxygens (including phenoxy) is 2. The summed E-state index contributed by atoms with van der Waals surface area (Å²) in [5.41, 5.74) is 5.21. The Morgan fingerprint density at radius 3 is 2.45 bits per heavy atom. The number of carbonyl (C=O) groups excluding carboxylic acids is 2. The molecule has 1 saturated heterocycles. The summed E-state index contributed by atoms with van der Waals surface area (Å²) < 4.78 is 39.1. The number of rotatable bonds is 12. The zero-order valence-corrected chi connectivity index (χ0v) is 23.5. The Kier molecular flexibility index (Phi) is 9.57. The number of amides is 2. The number of carbonyl (C=O) groups is 2. The van der Waals surface area contributed by atoms with Crippen LogP contribution in [-0.4, -0.2) is 83.6 Å². The molecule has 2 amide bonds. The van der Waals surface area contributed by atoms with E-state index in [0.717, 1.165) is 25.5 Å². The van der Waals surface area contributed by atoms with Crippen molar-refractivity contribution in [2.24, 2.45) is 10.6 Å². The van der Waals surface area contributed by atoms with Gasteiger partial charge in [-0.3, -0.25) is 14.5 Å². The molecule has 232 valence electrons. The zero-order valence-electron chi connectivity index (χ0n) is 23.5. The molecule has 2 fully saturated rings. The number of hydrogen-bond acceptors (Lipinski definition) is 11. The van der Waals surface area contributed by atoms with Crippen molar-refractivity contribution in [2.45, 2.75) is 18.9 Å². The highest BCUT2D eigenvalue weighted by molar-refractivity contribution is 6.16. The summed E-state index contributed by atoms with van der Waals surface area (Å²) in [4.78, 5) is 40.9. The first-order valence-corrected chi connectivity index (χ1v) is 13.8. The molecule has 1 atom stereocenters. The van der Waals surface area contributed by atoms with Crippen LogP contribution in [0.4, 0.5) is 26.0 Å². The minimum atomic E-state index is -1.31. The number of β-amino-alcohol motifs (C(OH)–C–C–N with tert-alkyl or cyclic N) is 1. The molecule has 1 aromatic heterocycles. The maximum absolute atomic E-state index is 15.0. The Morgan fingerprint density at radius 2 is 1.77 bits per heavy atom. The van der Waals surface area contributed by atoms with Gasteiger partial charge in [-0.2, -0.15) is 0 Å². The number of anilines is 3. The van der Waals surface area contributed by atoms with E-state index in [9.17, 15) is 19.1 Å². The first-order valence-electron chi connectivity index (χ1n) is 13.8. The molecule has 13 nitrogen and oxygen atoms in total. The molecule has 2 aromatic carbocycles. The maximum atomic E-state index is 15.0. The number of hydrogen-bond donors (Lipinski definition) is 4. The molecule has 5 rings (SSSR count). The van der Waals surface area contributed by atoms with E-state index in [1.807, 2.05) is 0 Å². The summed E-state index contributed by atoms with van der Waals surface area (Å²) in [5.74, 6) is -2.75. The first kappa shape index (κ1) is 30.7. The van der Waals surface area contributed by atoms with Crippen LogP contribution in [0.25, 0.3) is 0 Å². The lowest BCUT2D eigenvalue weighted by molar-refractivity contribution is -0.131. The molecule has 1 unspecified atom stereocenters. The van der Waals surface area contributed by atoms with E-state index in [1.165, 1.54) is 42.6 Å². The third-order valence-corrected chi connectivity index (χ3v) is 7.09. The average molecular weight is 612 g/mol. The van der Waals surface area contributed by atoms with Gasteiger partial charge in [-0.15, -0.1) is 0 Å². The van der Waals surface area contributed by atoms with Gasteiger partial charge in [0.1, 0.15) is 41.7 Å². The third-order valence-electron chi connectivity index (χ3n) is 7.09. The van der Waals surface area contributed by atoms with E-state index in [4.69, 9.17) is 20.0 Å². The second kappa shape index (κ2) is 13.7. The average Bonchev–Trinajstić information content (AvgIpc) is 3.82. The molecule has 2 heterocycles. The summed E-state index contributed by atoms with van der Waals surface area (Å²) in [5, 5.41) is 19.2. The number of nitrogens with two attached hydrogens (primary N) is 1. The predicted octanol–water partition coefficient (Wildman–Crippen LogP) is 2.53. The topological polar surface area (TPSA) is 174 Å². The van der Waals surface area contributed by atoms with Crippen LogP contribution in [0.1, 0.15) is 18.4 Å². The third kappa shape index (κ3) is 7.61. The smallest absolute Gasteiger partial charge is 0.240 e. The highest BCUT2D eigenvalue weighted by atomic mass is 19.1. The van der Waals surface area contributed by atoms with Crippen molar-refractivity contribution in [3.63, 3.8) is 0 Å². The first-order chi connectivity index (χ1) is 21.2. The van der Waals surface area contributed by atoms with E-state index < -0.39 is 35.0 Å². The molecule has 0 bridgehead atoms. The van der Waals surface area contributed by atoms with Crippen LogP contribution in [-0.2, 0) is 19.2 Å². The van der Waals surface area contributed by atoms with Gasteiger partial charge in [-0.05, 0) is 49.2 Å². The van der Waals surface area contributed by atoms with Crippen molar-refractivity contribution >= 4 is 35.2 Å². The molecule has 1 saturated carbocycles. The Morgan fingerprint density at radius 1 is 1.09 bits per heavy atom. The molecule has 0 spiro atoms. The van der Waals surface area contributed by atoms with Crippen LogP contribution in [0.2, 0.25) is 0 Å². The molecule has 0 radical (unpaired) electrons. The monoisotopic (exact) mass is 611 g/mol. The molecule has 1 aliphatic heterocycles. The van der Waals surface area contributed by atoms with Crippen molar-refractivity contribution in [1.82, 2.24) is 14.9 Å². The van der Waals surface area contributed by atoms with Crippen LogP contribution in [0, 0.1) is 17.0 Å². The number of benzene rings is 2. The standard InChI is InChI=1S/C29H31F2N7O6/c30-18-1-3-19(4-2-18)36-27(40)29(7-8-29)28(41)37-20-5-6-24(23(31)13-20)44-26-22(25(32)33-17-34-26)14-35-43-16-21(39)15-38-9-11-42-12-10-38/h1-6,13-14,17,21,39H,7-12,15-16H2,(H,36,40)(H,37,41)(H2,32,33,34)/b35-14+. The van der Waals surface area contributed by atoms with Gasteiger partial charge in [0.2, 0.25) is 17.7 Å². The minimum absolute atomic E-state index is 0.00541. The van der Waals surface area contributed by atoms with Gasteiger partial charge in [0.05, 0.1) is 19.4 Å². The highest BCUT2D eigenvalue weighted by Crippen LogP contribution is 2.47. The fourth-order valence-corrected chi connectivity index (χ4v) is 4.43. The quantitative estimate of drug-likeness (QED) is 0.135. The second-order valence-corrected chi connectivity index (χ2v) is 10.3. The van der Waals surface area contributed by atoms with Crippen LogP contribution in [0.3, 0.4) is 0 Å². The van der Waals surface area contributed by atoms with Gasteiger partial charge in [0.15, 0.2) is 11.6 Å². The van der Waals surface area contributed by atoms with Crippen molar-refractivity contribution in [3.8, 4) is 11.6 Å². The molecule has 15 heteroatoms. The Bertz CT molecular complexity index is 1510. The SMILES string of the molecule is Nc1ncnc(Oc2ccc(NC(=O)C3(C(=O)Nc4ccc(F)cc4)CC3)cc2F)c1/C=N/OCC(O)CN1CCOCC1. The number of aliphatic hydroxyl groups is 1. The summed E-state index contributed by atoms with van der Waals surface area (Å²) in [6.45, 7) is 3.00. The fourth-order valence-electron chi connectivity index (χ4n) is 4.43. The molecule has 44 heavy (non-hydrogen) atoms. The van der Waals surface area contributed by atoms with Gasteiger partial charge in [0.25, 0.3) is 0 Å². The predicted molar refractivity (Wildman–Crippen MR) is 155 cm³/mol. The molecular formula is C29H31F2N7O6.